The molecule has 0 amide bonds. The van der Waals surface area contributed by atoms with Crippen molar-refractivity contribution in [2.24, 2.45) is 0 Å². The highest BCUT2D eigenvalue weighted by Crippen LogP contribution is 2.68. The molecular weight excluding hydrogens is 460 g/mol. The zero-order valence-electron chi connectivity index (χ0n) is 13.0. The Bertz CT molecular complexity index is 679. The fourth-order valence-corrected chi connectivity index (χ4v) is 6.10. The van der Waals surface area contributed by atoms with Gasteiger partial charge in [-0.1, -0.05) is 0 Å². The van der Waals surface area contributed by atoms with E-state index in [1.54, 1.807) is 0 Å². The summed E-state index contributed by atoms with van der Waals surface area (Å²) in [6, 6.07) is 0. The fraction of sp³-hybridized carbons (Fsp3) is 0.714. The Morgan fingerprint density at radius 3 is 1.30 bits per heavy atom. The molecular formula is C7H17N2O14P4-. The lowest BCUT2D eigenvalue weighted by Gasteiger charge is -2.39. The van der Waals surface area contributed by atoms with Crippen LogP contribution in [-0.4, -0.2) is 84.2 Å². The molecule has 2 atom stereocenters. The van der Waals surface area contributed by atoms with Gasteiger partial charge in [-0.15, -0.1) is 0 Å². The Balaban J connectivity index is 3.05. The fourth-order valence-electron chi connectivity index (χ4n) is 1.97. The van der Waals surface area contributed by atoms with Crippen molar-refractivity contribution in [2.45, 2.75) is 10.2 Å². The molecule has 1 aliphatic heterocycles. The van der Waals surface area contributed by atoms with Gasteiger partial charge in [0.1, 0.15) is 0 Å². The summed E-state index contributed by atoms with van der Waals surface area (Å²) in [5.74, 6) is 0. The van der Waals surface area contributed by atoms with Gasteiger partial charge in [0.25, 0.3) is 5.08 Å². The number of hydrogen-bond acceptors (Lipinski definition) is 9. The molecule has 1 aliphatic rings. The van der Waals surface area contributed by atoms with E-state index in [0.717, 1.165) is 12.4 Å². The van der Waals surface area contributed by atoms with E-state index in [2.05, 4.69) is 0 Å². The van der Waals surface area contributed by atoms with Crippen LogP contribution in [0.15, 0.2) is 12.4 Å². The van der Waals surface area contributed by atoms with Crippen molar-refractivity contribution in [3.05, 3.63) is 12.4 Å². The van der Waals surface area contributed by atoms with E-state index in [4.69, 9.17) is 34.3 Å². The minimum atomic E-state index is -6.03. The molecule has 0 fully saturated rings. The van der Waals surface area contributed by atoms with E-state index >= 15 is 0 Å². The molecule has 0 saturated heterocycles. The maximum absolute atomic E-state index is 11.3. The summed E-state index contributed by atoms with van der Waals surface area (Å²) in [5.41, 5.74) is 0. The van der Waals surface area contributed by atoms with Crippen LogP contribution in [0.3, 0.4) is 0 Å². The summed E-state index contributed by atoms with van der Waals surface area (Å²) in [4.78, 5) is 75.7. The highest BCUT2D eigenvalue weighted by atomic mass is 31.2. The molecule has 1 rings (SSSR count). The first kappa shape index (κ1) is 24.9. The molecule has 0 aromatic heterocycles. The van der Waals surface area contributed by atoms with Crippen molar-refractivity contribution in [3.63, 3.8) is 0 Å². The Morgan fingerprint density at radius 2 is 1.04 bits per heavy atom. The van der Waals surface area contributed by atoms with E-state index in [0.29, 0.717) is 9.80 Å². The molecule has 0 aliphatic carbocycles. The quantitative estimate of drug-likeness (QED) is 0.153. The summed E-state index contributed by atoms with van der Waals surface area (Å²) >= 11 is 0. The number of hydrogen-bond donors (Lipinski definition) is 9. The van der Waals surface area contributed by atoms with Crippen LogP contribution in [0, 0.1) is 0 Å². The SMILES string of the molecule is O=P([O-])(O)C(O)(CN1C=CN(CC(O)(P(=O)(O)O)P(=O)(O)O)C1)P(=O)(O)O. The highest BCUT2D eigenvalue weighted by molar-refractivity contribution is 7.72. The maximum atomic E-state index is 11.3. The second-order valence-corrected chi connectivity index (χ2v) is 13.6. The predicted molar refractivity (Wildman–Crippen MR) is 83.3 cm³/mol. The smallest absolute Gasteiger partial charge is 0.371 e. The van der Waals surface area contributed by atoms with Crippen LogP contribution in [0.2, 0.25) is 0 Å². The molecule has 27 heavy (non-hydrogen) atoms. The van der Waals surface area contributed by atoms with E-state index in [1.165, 1.54) is 0 Å². The van der Waals surface area contributed by atoms with E-state index in [9.17, 15) is 33.4 Å². The molecule has 0 aromatic rings. The normalized spacial score (nSPS) is 21.3. The van der Waals surface area contributed by atoms with Crippen LogP contribution >= 0.6 is 30.4 Å². The van der Waals surface area contributed by atoms with Crippen LogP contribution in [0.25, 0.3) is 0 Å². The largest absolute Gasteiger partial charge is 0.776 e. The molecule has 1 heterocycles. The topological polar surface area (TPSA) is 280 Å². The van der Waals surface area contributed by atoms with Crippen LogP contribution in [-0.2, 0) is 18.3 Å². The van der Waals surface area contributed by atoms with Gasteiger partial charge in [0, 0.05) is 12.4 Å². The van der Waals surface area contributed by atoms with Gasteiger partial charge in [-0.2, -0.15) is 0 Å². The minimum Gasteiger partial charge on any atom is -0.776 e. The Hall–Kier alpha value is -0.140. The molecule has 20 heteroatoms. The number of rotatable bonds is 8. The highest BCUT2D eigenvalue weighted by Gasteiger charge is 2.60. The first-order valence-electron chi connectivity index (χ1n) is 6.48. The molecule has 0 bridgehead atoms. The first-order chi connectivity index (χ1) is 11.7. The Morgan fingerprint density at radius 1 is 0.741 bits per heavy atom. The Kier molecular flexibility index (Phi) is 6.71. The van der Waals surface area contributed by atoms with Crippen molar-refractivity contribution in [2.75, 3.05) is 19.8 Å². The van der Waals surface area contributed by atoms with Gasteiger partial charge in [-0.05, 0) is 0 Å². The van der Waals surface area contributed by atoms with Crippen LogP contribution in [0.1, 0.15) is 0 Å². The average Bonchev–Trinajstić information content (AvgIpc) is 2.80. The summed E-state index contributed by atoms with van der Waals surface area (Å²) in [7, 11) is -23.4. The van der Waals surface area contributed by atoms with Crippen LogP contribution < -0.4 is 4.89 Å². The monoisotopic (exact) mass is 477 g/mol. The lowest BCUT2D eigenvalue weighted by Crippen LogP contribution is -2.46. The molecule has 2 unspecified atom stereocenters. The third-order valence-corrected chi connectivity index (χ3v) is 10.9. The molecule has 16 nitrogen and oxygen atoms in total. The summed E-state index contributed by atoms with van der Waals surface area (Å²) in [6.07, 6.45) is 1.67. The lowest BCUT2D eigenvalue weighted by molar-refractivity contribution is -0.206. The zero-order chi connectivity index (χ0) is 21.7. The summed E-state index contributed by atoms with van der Waals surface area (Å²) in [5, 5.41) is 11.8. The molecule has 9 N–H and O–H groups in total. The molecule has 0 aromatic carbocycles. The van der Waals surface area contributed by atoms with Crippen molar-refractivity contribution in [1.82, 2.24) is 9.80 Å². The number of nitrogens with zero attached hydrogens (tertiary/aromatic N) is 2. The minimum absolute atomic E-state index is 0.639. The van der Waals surface area contributed by atoms with Crippen molar-refractivity contribution >= 4 is 30.4 Å². The number of aliphatic hydroxyl groups is 2. The van der Waals surface area contributed by atoms with Gasteiger partial charge in [0.05, 0.1) is 19.8 Å². The van der Waals surface area contributed by atoms with Gasteiger partial charge in [-0.25, -0.2) is 0 Å². The average molecular weight is 477 g/mol. The van der Waals surface area contributed by atoms with Gasteiger partial charge in [-0.3, -0.25) is 13.7 Å². The van der Waals surface area contributed by atoms with Gasteiger partial charge in [0.2, 0.25) is 5.08 Å². The van der Waals surface area contributed by atoms with Crippen LogP contribution in [0.4, 0.5) is 0 Å². The number of β-amino-alcohol motifs (C(OH)–C–C–N with tert-alkyl or cyclic N) is 2. The van der Waals surface area contributed by atoms with Crippen molar-refractivity contribution < 1.29 is 67.6 Å². The van der Waals surface area contributed by atoms with Gasteiger partial charge < -0.3 is 63.7 Å². The molecule has 0 saturated carbocycles. The predicted octanol–water partition coefficient (Wildman–Crippen LogP) is -3.60. The van der Waals surface area contributed by atoms with Crippen molar-refractivity contribution in [1.29, 1.82) is 0 Å². The summed E-state index contributed by atoms with van der Waals surface area (Å²) in [6.45, 7) is -3.49. The third-order valence-electron chi connectivity index (χ3n) is 3.53. The van der Waals surface area contributed by atoms with E-state index < -0.39 is 60.3 Å². The van der Waals surface area contributed by atoms with Crippen LogP contribution in [0.5, 0.6) is 0 Å². The summed E-state index contributed by atoms with van der Waals surface area (Å²) < 4.78 is 45.0. The van der Waals surface area contributed by atoms with E-state index in [-0.39, 0.29) is 0 Å². The first-order valence-corrected chi connectivity index (χ1v) is 12.9. The standard InChI is InChI=1S/C7H18N2O14P4/c10-6(24(12,13)14,25(15,16)17)3-8-1-2-9(5-8)4-7(11,26(18,19)20)27(21,22)23/h1-2,10-11H,3-5H2,(H2,12,13,14)(H2,15,16,17)(H2,18,19,20)(H2,21,22,23)/p-1. The molecule has 0 spiro atoms. The van der Waals surface area contributed by atoms with Crippen molar-refractivity contribution in [3.8, 4) is 0 Å². The molecule has 160 valence electrons. The second-order valence-electron chi connectivity index (χ2n) is 5.63. The van der Waals surface area contributed by atoms with Gasteiger partial charge in [0.15, 0.2) is 7.60 Å². The zero-order valence-corrected chi connectivity index (χ0v) is 16.6. The maximum Gasteiger partial charge on any atom is 0.371 e. The molecule has 0 radical (unpaired) electrons. The lowest BCUT2D eigenvalue weighted by atomic mass is 10.5. The van der Waals surface area contributed by atoms with E-state index in [1.807, 2.05) is 0 Å². The second kappa shape index (κ2) is 7.28. The third kappa shape index (κ3) is 4.89. The Labute approximate surface area is 151 Å². The van der Waals surface area contributed by atoms with Gasteiger partial charge >= 0.3 is 22.8 Å².